The first-order valence-corrected chi connectivity index (χ1v) is 9.35. The molecule has 2 aromatic heterocycles. The van der Waals surface area contributed by atoms with Crippen LogP contribution in [0.2, 0.25) is 5.02 Å². The van der Waals surface area contributed by atoms with Gasteiger partial charge in [0.2, 0.25) is 0 Å². The molecule has 0 unspecified atom stereocenters. The van der Waals surface area contributed by atoms with Crippen molar-refractivity contribution >= 4 is 28.8 Å². The number of benzene rings is 1. The highest BCUT2D eigenvalue weighted by Gasteiger charge is 2.14. The van der Waals surface area contributed by atoms with Crippen LogP contribution in [0.3, 0.4) is 0 Å². The lowest BCUT2D eigenvalue weighted by atomic mass is 10.1. The highest BCUT2D eigenvalue weighted by Crippen LogP contribution is 2.24. The number of nitrogens with zero attached hydrogens (tertiary/aromatic N) is 4. The third kappa shape index (κ3) is 4.52. The molecule has 0 saturated heterocycles. The first-order chi connectivity index (χ1) is 13.0. The fourth-order valence-electron chi connectivity index (χ4n) is 2.49. The number of carbonyl (C=O) groups excluding carboxylic acids is 1. The zero-order valence-corrected chi connectivity index (χ0v) is 16.0. The monoisotopic (exact) mass is 401 g/mol. The van der Waals surface area contributed by atoms with Crippen LogP contribution in [0, 0.1) is 11.3 Å². The highest BCUT2D eigenvalue weighted by atomic mass is 35.5. The van der Waals surface area contributed by atoms with E-state index in [0.717, 1.165) is 11.3 Å². The number of carbonyl (C=O) groups is 1. The van der Waals surface area contributed by atoms with E-state index >= 15 is 0 Å². The third-order valence-corrected chi connectivity index (χ3v) is 4.93. The summed E-state index contributed by atoms with van der Waals surface area (Å²) in [6.07, 6.45) is 1.82. The number of aliphatic hydroxyl groups is 1. The van der Waals surface area contributed by atoms with Crippen molar-refractivity contribution in [3.63, 3.8) is 0 Å². The summed E-state index contributed by atoms with van der Waals surface area (Å²) in [7, 11) is 0. The number of thiazole rings is 1. The van der Waals surface area contributed by atoms with Crippen molar-refractivity contribution in [1.29, 1.82) is 5.26 Å². The molecule has 2 N–H and O–H groups in total. The number of rotatable bonds is 6. The Bertz CT molecular complexity index is 1010. The van der Waals surface area contributed by atoms with E-state index in [9.17, 15) is 4.79 Å². The summed E-state index contributed by atoms with van der Waals surface area (Å²) in [5, 5.41) is 27.8. The largest absolute Gasteiger partial charge is 0.389 e. The van der Waals surface area contributed by atoms with E-state index in [1.54, 1.807) is 28.3 Å². The normalized spacial score (nSPS) is 11.8. The Morgan fingerprint density at radius 2 is 2.30 bits per heavy atom. The Balaban J connectivity index is 1.64. The van der Waals surface area contributed by atoms with Gasteiger partial charge in [-0.25, -0.2) is 4.98 Å². The van der Waals surface area contributed by atoms with Crippen molar-refractivity contribution in [3.8, 4) is 17.3 Å². The number of halogens is 1. The Morgan fingerprint density at radius 3 is 2.96 bits per heavy atom. The van der Waals surface area contributed by atoms with Crippen LogP contribution >= 0.6 is 22.9 Å². The zero-order chi connectivity index (χ0) is 19.4. The number of aromatic nitrogens is 3. The highest BCUT2D eigenvalue weighted by molar-refractivity contribution is 7.09. The standard InChI is InChI=1S/C18H16ClN5O2S/c1-11(21-18(26)16-10-27-17(9-25)22-16)8-24-5-4-15(23-24)12-2-3-13(7-20)14(19)6-12/h2-6,10-11,25H,8-9H2,1H3,(H,21,26)/t11-/m0/s1. The van der Waals surface area contributed by atoms with Gasteiger partial charge in [-0.1, -0.05) is 17.7 Å². The van der Waals surface area contributed by atoms with Gasteiger partial charge >= 0.3 is 0 Å². The molecule has 3 rings (SSSR count). The SMILES string of the molecule is C[C@@H](Cn1ccc(-c2ccc(C#N)c(Cl)c2)n1)NC(=O)c1csc(CO)n1. The molecule has 138 valence electrons. The molecule has 3 aromatic rings. The van der Waals surface area contributed by atoms with Crippen molar-refractivity contribution in [2.24, 2.45) is 0 Å². The molecule has 0 radical (unpaired) electrons. The van der Waals surface area contributed by atoms with Gasteiger partial charge in [0.15, 0.2) is 0 Å². The van der Waals surface area contributed by atoms with Crippen molar-refractivity contribution in [2.45, 2.75) is 26.1 Å². The summed E-state index contributed by atoms with van der Waals surface area (Å²) in [6, 6.07) is 8.86. The first-order valence-electron chi connectivity index (χ1n) is 8.09. The molecule has 1 aromatic carbocycles. The molecule has 7 nitrogen and oxygen atoms in total. The van der Waals surface area contributed by atoms with Crippen molar-refractivity contribution in [1.82, 2.24) is 20.1 Å². The minimum Gasteiger partial charge on any atom is -0.389 e. The van der Waals surface area contributed by atoms with E-state index in [-0.39, 0.29) is 18.6 Å². The van der Waals surface area contributed by atoms with E-state index in [0.29, 0.717) is 27.8 Å². The van der Waals surface area contributed by atoms with Crippen LogP contribution in [0.4, 0.5) is 0 Å². The Labute approximate surface area is 164 Å². The zero-order valence-electron chi connectivity index (χ0n) is 14.4. The summed E-state index contributed by atoms with van der Waals surface area (Å²) < 4.78 is 1.73. The number of aliphatic hydroxyl groups excluding tert-OH is 1. The molecular formula is C18H16ClN5O2S. The molecule has 0 spiro atoms. The molecule has 0 aliphatic rings. The third-order valence-electron chi connectivity index (χ3n) is 3.78. The van der Waals surface area contributed by atoms with E-state index in [1.807, 2.05) is 25.3 Å². The van der Waals surface area contributed by atoms with E-state index in [4.69, 9.17) is 22.0 Å². The fraction of sp³-hybridized carbons (Fsp3) is 0.222. The molecule has 0 saturated carbocycles. The molecule has 1 atom stereocenters. The average molecular weight is 402 g/mol. The van der Waals surface area contributed by atoms with E-state index < -0.39 is 0 Å². The second-order valence-electron chi connectivity index (χ2n) is 5.89. The topological polar surface area (TPSA) is 104 Å². The van der Waals surface area contributed by atoms with Crippen LogP contribution in [0.1, 0.15) is 28.0 Å². The van der Waals surface area contributed by atoms with Gasteiger partial charge in [0.1, 0.15) is 16.8 Å². The molecule has 0 aliphatic heterocycles. The lowest BCUT2D eigenvalue weighted by molar-refractivity contribution is 0.0931. The second-order valence-corrected chi connectivity index (χ2v) is 7.24. The number of amides is 1. The number of hydrogen-bond acceptors (Lipinski definition) is 6. The minimum atomic E-state index is -0.287. The molecule has 2 heterocycles. The number of hydrogen-bond donors (Lipinski definition) is 2. The van der Waals surface area contributed by atoms with Gasteiger partial charge in [0.05, 0.1) is 29.4 Å². The van der Waals surface area contributed by atoms with Gasteiger partial charge in [-0.15, -0.1) is 11.3 Å². The van der Waals surface area contributed by atoms with Crippen LogP contribution in [0.15, 0.2) is 35.8 Å². The lowest BCUT2D eigenvalue weighted by Gasteiger charge is -2.13. The molecule has 9 heteroatoms. The molecule has 1 amide bonds. The summed E-state index contributed by atoms with van der Waals surface area (Å²) in [5.74, 6) is -0.287. The van der Waals surface area contributed by atoms with Gasteiger partial charge in [-0.05, 0) is 25.1 Å². The summed E-state index contributed by atoms with van der Waals surface area (Å²) in [6.45, 7) is 2.17. The van der Waals surface area contributed by atoms with Crippen LogP contribution in [0.25, 0.3) is 11.3 Å². The first kappa shape index (κ1) is 19.0. The van der Waals surface area contributed by atoms with Crippen molar-refractivity contribution < 1.29 is 9.90 Å². The van der Waals surface area contributed by atoms with Crippen LogP contribution < -0.4 is 5.32 Å². The maximum absolute atomic E-state index is 12.2. The molecule has 0 fully saturated rings. The smallest absolute Gasteiger partial charge is 0.271 e. The Morgan fingerprint density at radius 1 is 1.48 bits per heavy atom. The average Bonchev–Trinajstić information content (AvgIpc) is 3.30. The maximum Gasteiger partial charge on any atom is 0.271 e. The van der Waals surface area contributed by atoms with Gasteiger partial charge < -0.3 is 10.4 Å². The molecule has 0 bridgehead atoms. The Kier molecular flexibility index (Phi) is 5.86. The van der Waals surface area contributed by atoms with Crippen LogP contribution in [-0.4, -0.2) is 31.8 Å². The quantitative estimate of drug-likeness (QED) is 0.660. The predicted molar refractivity (Wildman–Crippen MR) is 102 cm³/mol. The maximum atomic E-state index is 12.2. The lowest BCUT2D eigenvalue weighted by Crippen LogP contribution is -2.36. The number of nitriles is 1. The van der Waals surface area contributed by atoms with Gasteiger partial charge in [0.25, 0.3) is 5.91 Å². The fourth-order valence-corrected chi connectivity index (χ4v) is 3.35. The van der Waals surface area contributed by atoms with Gasteiger partial charge in [0, 0.05) is 23.2 Å². The van der Waals surface area contributed by atoms with Gasteiger partial charge in [-0.2, -0.15) is 10.4 Å². The predicted octanol–water partition coefficient (Wildman–Crippen LogP) is 2.84. The summed E-state index contributed by atoms with van der Waals surface area (Å²) >= 11 is 7.32. The molecule has 0 aliphatic carbocycles. The molecule has 27 heavy (non-hydrogen) atoms. The second kappa shape index (κ2) is 8.31. The van der Waals surface area contributed by atoms with Crippen molar-refractivity contribution in [3.05, 3.63) is 57.1 Å². The number of nitrogens with one attached hydrogen (secondary N) is 1. The summed E-state index contributed by atoms with van der Waals surface area (Å²) in [4.78, 5) is 16.2. The minimum absolute atomic E-state index is 0.172. The summed E-state index contributed by atoms with van der Waals surface area (Å²) in [5.41, 5.74) is 2.26. The van der Waals surface area contributed by atoms with Crippen molar-refractivity contribution in [2.75, 3.05) is 0 Å². The van der Waals surface area contributed by atoms with Crippen LogP contribution in [-0.2, 0) is 13.2 Å². The van der Waals surface area contributed by atoms with E-state index in [1.165, 1.54) is 11.3 Å². The molecular weight excluding hydrogens is 386 g/mol. The Hall–Kier alpha value is -2.73. The van der Waals surface area contributed by atoms with Gasteiger partial charge in [-0.3, -0.25) is 9.48 Å². The van der Waals surface area contributed by atoms with E-state index in [2.05, 4.69) is 15.4 Å². The van der Waals surface area contributed by atoms with Crippen LogP contribution in [0.5, 0.6) is 0 Å².